The van der Waals surface area contributed by atoms with Crippen LogP contribution in [0.2, 0.25) is 0 Å². The van der Waals surface area contributed by atoms with Crippen LogP contribution in [0.15, 0.2) is 47.4 Å². The Labute approximate surface area is 159 Å². The molecule has 0 fully saturated rings. The van der Waals surface area contributed by atoms with Gasteiger partial charge in [-0.25, -0.2) is 13.1 Å². The molecule has 0 saturated carbocycles. The number of sulfonamides is 1. The van der Waals surface area contributed by atoms with Crippen molar-refractivity contribution < 1.29 is 22.7 Å². The second-order valence-electron chi connectivity index (χ2n) is 6.01. The number of ether oxygens (including phenoxy) is 2. The van der Waals surface area contributed by atoms with Gasteiger partial charge in [0.2, 0.25) is 15.9 Å². The van der Waals surface area contributed by atoms with Crippen LogP contribution in [0, 0.1) is 6.92 Å². The first-order chi connectivity index (χ1) is 12.8. The van der Waals surface area contributed by atoms with Crippen LogP contribution >= 0.6 is 0 Å². The molecular formula is C19H24N2O5S. The number of aryl methyl sites for hydroxylation is 1. The number of carbonyl (C=O) groups is 1. The highest BCUT2D eigenvalue weighted by atomic mass is 32.2. The van der Waals surface area contributed by atoms with Crippen molar-refractivity contribution in [2.45, 2.75) is 24.8 Å². The Morgan fingerprint density at radius 1 is 1.15 bits per heavy atom. The maximum atomic E-state index is 12.7. The van der Waals surface area contributed by atoms with E-state index in [0.717, 1.165) is 5.56 Å². The van der Waals surface area contributed by atoms with Gasteiger partial charge in [-0.15, -0.1) is 0 Å². The van der Waals surface area contributed by atoms with Crippen LogP contribution in [0.1, 0.15) is 24.2 Å². The summed E-state index contributed by atoms with van der Waals surface area (Å²) in [5.74, 6) is 0.450. The van der Waals surface area contributed by atoms with Crippen LogP contribution in [-0.4, -0.2) is 35.1 Å². The van der Waals surface area contributed by atoms with Crippen molar-refractivity contribution in [2.75, 3.05) is 26.1 Å². The van der Waals surface area contributed by atoms with Gasteiger partial charge in [0.15, 0.2) is 0 Å². The zero-order chi connectivity index (χ0) is 20.0. The monoisotopic (exact) mass is 392 g/mol. The number of hydrogen-bond acceptors (Lipinski definition) is 5. The number of hydrogen-bond donors (Lipinski definition) is 2. The summed E-state index contributed by atoms with van der Waals surface area (Å²) in [5, 5.41) is 2.63. The fraction of sp³-hybridized carbons (Fsp3) is 0.316. The van der Waals surface area contributed by atoms with Gasteiger partial charge in [-0.05, 0) is 48.4 Å². The minimum atomic E-state index is -3.74. The van der Waals surface area contributed by atoms with Crippen molar-refractivity contribution in [1.29, 1.82) is 0 Å². The van der Waals surface area contributed by atoms with Crippen molar-refractivity contribution in [3.63, 3.8) is 0 Å². The zero-order valence-electron chi connectivity index (χ0n) is 15.8. The Morgan fingerprint density at radius 3 is 2.48 bits per heavy atom. The fourth-order valence-electron chi connectivity index (χ4n) is 2.67. The van der Waals surface area contributed by atoms with Crippen LogP contribution < -0.4 is 14.8 Å². The Bertz CT molecular complexity index is 912. The number of methoxy groups -OCH3 is 2. The average Bonchev–Trinajstić information content (AvgIpc) is 2.61. The van der Waals surface area contributed by atoms with E-state index >= 15 is 0 Å². The van der Waals surface area contributed by atoms with E-state index in [1.54, 1.807) is 38.3 Å². The number of amides is 1. The number of nitrogens with one attached hydrogen (secondary N) is 2. The summed E-state index contributed by atoms with van der Waals surface area (Å²) in [4.78, 5) is 11.3. The molecule has 1 amide bonds. The summed E-state index contributed by atoms with van der Waals surface area (Å²) in [6, 6.07) is 11.9. The number of rotatable bonds is 8. The van der Waals surface area contributed by atoms with Crippen molar-refractivity contribution in [3.05, 3.63) is 53.6 Å². The minimum absolute atomic E-state index is 0.0683. The molecule has 146 valence electrons. The average molecular weight is 392 g/mol. The highest BCUT2D eigenvalue weighted by Crippen LogP contribution is 2.23. The van der Waals surface area contributed by atoms with E-state index in [-0.39, 0.29) is 17.3 Å². The van der Waals surface area contributed by atoms with Gasteiger partial charge in [0, 0.05) is 26.3 Å². The molecule has 0 aromatic heterocycles. The maximum Gasteiger partial charge on any atom is 0.240 e. The largest absolute Gasteiger partial charge is 0.497 e. The molecule has 0 spiro atoms. The lowest BCUT2D eigenvalue weighted by Crippen LogP contribution is -2.29. The highest BCUT2D eigenvalue weighted by Gasteiger charge is 2.20. The molecule has 1 atom stereocenters. The fourth-order valence-corrected chi connectivity index (χ4v) is 3.93. The Kier molecular flexibility index (Phi) is 6.95. The molecule has 8 heteroatoms. The first kappa shape index (κ1) is 20.9. The minimum Gasteiger partial charge on any atom is -0.497 e. The van der Waals surface area contributed by atoms with Crippen molar-refractivity contribution in [1.82, 2.24) is 4.72 Å². The van der Waals surface area contributed by atoms with Crippen LogP contribution in [0.4, 0.5) is 5.69 Å². The molecule has 0 radical (unpaired) electrons. The first-order valence-electron chi connectivity index (χ1n) is 8.31. The lowest BCUT2D eigenvalue weighted by atomic mass is 10.1. The molecule has 0 aliphatic heterocycles. The smallest absolute Gasteiger partial charge is 0.240 e. The van der Waals surface area contributed by atoms with Crippen LogP contribution in [0.3, 0.4) is 0 Å². The molecule has 0 aliphatic carbocycles. The SMILES string of the molecule is COc1cccc(C(CNS(=O)(=O)c2ccc(NC(C)=O)cc2C)OC)c1. The molecule has 2 rings (SSSR count). The third kappa shape index (κ3) is 5.53. The maximum absolute atomic E-state index is 12.7. The molecule has 0 saturated heterocycles. The van der Waals surface area contributed by atoms with Crippen molar-refractivity contribution in [3.8, 4) is 5.75 Å². The van der Waals surface area contributed by atoms with E-state index < -0.39 is 16.1 Å². The second kappa shape index (κ2) is 8.98. The number of anilines is 1. The molecule has 2 aromatic rings. The molecular weight excluding hydrogens is 368 g/mol. The molecule has 0 bridgehead atoms. The summed E-state index contributed by atoms with van der Waals surface area (Å²) < 4.78 is 38.6. The van der Waals surface area contributed by atoms with Gasteiger partial charge in [-0.3, -0.25) is 4.79 Å². The van der Waals surface area contributed by atoms with Crippen molar-refractivity contribution in [2.24, 2.45) is 0 Å². The molecule has 2 N–H and O–H groups in total. The predicted molar refractivity (Wildman–Crippen MR) is 103 cm³/mol. The lowest BCUT2D eigenvalue weighted by molar-refractivity contribution is -0.114. The quantitative estimate of drug-likeness (QED) is 0.720. The van der Waals surface area contributed by atoms with Gasteiger partial charge in [0.1, 0.15) is 5.75 Å². The van der Waals surface area contributed by atoms with Gasteiger partial charge in [-0.2, -0.15) is 0 Å². The van der Waals surface area contributed by atoms with Crippen LogP contribution in [0.5, 0.6) is 5.75 Å². The number of carbonyl (C=O) groups excluding carboxylic acids is 1. The van der Waals surface area contributed by atoms with E-state index in [0.29, 0.717) is 17.0 Å². The predicted octanol–water partition coefficient (Wildman–Crippen LogP) is 2.63. The van der Waals surface area contributed by atoms with E-state index in [1.807, 2.05) is 12.1 Å². The summed E-state index contributed by atoms with van der Waals surface area (Å²) in [5.41, 5.74) is 1.88. The normalized spacial score (nSPS) is 12.4. The van der Waals surface area contributed by atoms with Gasteiger partial charge in [-0.1, -0.05) is 12.1 Å². The van der Waals surface area contributed by atoms with Crippen molar-refractivity contribution >= 4 is 21.6 Å². The third-order valence-electron chi connectivity index (χ3n) is 3.99. The standard InChI is InChI=1S/C19H24N2O5S/c1-13-10-16(21-14(2)22)8-9-19(13)27(23,24)20-12-18(26-4)15-6-5-7-17(11-15)25-3/h5-11,18,20H,12H2,1-4H3,(H,21,22). The lowest BCUT2D eigenvalue weighted by Gasteiger charge is -2.18. The number of benzene rings is 2. The van der Waals surface area contributed by atoms with E-state index in [4.69, 9.17) is 9.47 Å². The molecule has 2 aromatic carbocycles. The Hall–Kier alpha value is -2.42. The molecule has 0 aliphatic rings. The van der Waals surface area contributed by atoms with Crippen LogP contribution in [-0.2, 0) is 19.6 Å². The summed E-state index contributed by atoms with van der Waals surface area (Å²) >= 11 is 0. The molecule has 7 nitrogen and oxygen atoms in total. The summed E-state index contributed by atoms with van der Waals surface area (Å²) in [6.07, 6.45) is -0.464. The summed E-state index contributed by atoms with van der Waals surface area (Å²) in [7, 11) is -0.653. The van der Waals surface area contributed by atoms with Gasteiger partial charge < -0.3 is 14.8 Å². The first-order valence-corrected chi connectivity index (χ1v) is 9.80. The Balaban J connectivity index is 2.16. The molecule has 0 heterocycles. The van der Waals surface area contributed by atoms with Gasteiger partial charge >= 0.3 is 0 Å². The van der Waals surface area contributed by atoms with E-state index in [9.17, 15) is 13.2 Å². The molecule has 1 unspecified atom stereocenters. The van der Waals surface area contributed by atoms with E-state index in [2.05, 4.69) is 10.0 Å². The van der Waals surface area contributed by atoms with Crippen LogP contribution in [0.25, 0.3) is 0 Å². The van der Waals surface area contributed by atoms with Gasteiger partial charge in [0.25, 0.3) is 0 Å². The Morgan fingerprint density at radius 2 is 1.89 bits per heavy atom. The topological polar surface area (TPSA) is 93.7 Å². The highest BCUT2D eigenvalue weighted by molar-refractivity contribution is 7.89. The van der Waals surface area contributed by atoms with Gasteiger partial charge in [0.05, 0.1) is 18.1 Å². The van der Waals surface area contributed by atoms with E-state index in [1.165, 1.54) is 20.1 Å². The third-order valence-corrected chi connectivity index (χ3v) is 5.58. The zero-order valence-corrected chi connectivity index (χ0v) is 16.6. The second-order valence-corrected chi connectivity index (χ2v) is 7.75. The summed E-state index contributed by atoms with van der Waals surface area (Å²) in [6.45, 7) is 3.14. The molecule has 27 heavy (non-hydrogen) atoms.